The molecular formula is C15H19NO3. The molecule has 1 aromatic carbocycles. The molecule has 1 atom stereocenters. The largest absolute Gasteiger partial charge is 0.480 e. The van der Waals surface area contributed by atoms with Crippen molar-refractivity contribution in [1.82, 2.24) is 4.90 Å². The maximum atomic E-state index is 12.5. The first-order valence-corrected chi connectivity index (χ1v) is 6.52. The van der Waals surface area contributed by atoms with Crippen molar-refractivity contribution < 1.29 is 14.7 Å². The summed E-state index contributed by atoms with van der Waals surface area (Å²) in [7, 11) is 0. The Morgan fingerprint density at radius 2 is 1.89 bits per heavy atom. The molecule has 2 rings (SSSR count). The Balaban J connectivity index is 2.32. The summed E-state index contributed by atoms with van der Waals surface area (Å²) in [4.78, 5) is 25.5. The molecule has 0 radical (unpaired) electrons. The molecule has 1 heterocycles. The van der Waals surface area contributed by atoms with Gasteiger partial charge < -0.3 is 10.0 Å². The first-order valence-electron chi connectivity index (χ1n) is 6.52. The molecule has 0 bridgehead atoms. The van der Waals surface area contributed by atoms with Gasteiger partial charge in [0.05, 0.1) is 0 Å². The van der Waals surface area contributed by atoms with Crippen LogP contribution in [0.1, 0.15) is 37.0 Å². The molecular weight excluding hydrogens is 242 g/mol. The number of carbonyl (C=O) groups excluding carboxylic acids is 1. The first-order chi connectivity index (χ1) is 8.93. The summed E-state index contributed by atoms with van der Waals surface area (Å²) in [5, 5.41) is 9.45. The van der Waals surface area contributed by atoms with Crippen molar-refractivity contribution in [2.24, 2.45) is 5.41 Å². The predicted molar refractivity (Wildman–Crippen MR) is 71.9 cm³/mol. The van der Waals surface area contributed by atoms with Crippen LogP contribution in [-0.4, -0.2) is 34.5 Å². The quantitative estimate of drug-likeness (QED) is 0.889. The number of hydrogen-bond donors (Lipinski definition) is 1. The van der Waals surface area contributed by atoms with Crippen LogP contribution in [0.2, 0.25) is 0 Å². The Hall–Kier alpha value is -1.84. The number of amides is 1. The highest BCUT2D eigenvalue weighted by Crippen LogP contribution is 2.36. The van der Waals surface area contributed by atoms with E-state index in [-0.39, 0.29) is 5.91 Å². The van der Waals surface area contributed by atoms with Crippen LogP contribution in [0.5, 0.6) is 0 Å². The highest BCUT2D eigenvalue weighted by atomic mass is 16.4. The highest BCUT2D eigenvalue weighted by Gasteiger charge is 2.44. The lowest BCUT2D eigenvalue weighted by atomic mass is 9.76. The Morgan fingerprint density at radius 1 is 1.26 bits per heavy atom. The van der Waals surface area contributed by atoms with Gasteiger partial charge >= 0.3 is 5.97 Å². The monoisotopic (exact) mass is 261 g/mol. The lowest BCUT2D eigenvalue weighted by Gasteiger charge is -2.44. The van der Waals surface area contributed by atoms with E-state index < -0.39 is 17.4 Å². The van der Waals surface area contributed by atoms with Crippen molar-refractivity contribution in [2.75, 3.05) is 6.54 Å². The predicted octanol–water partition coefficient (Wildman–Crippen LogP) is 2.40. The summed E-state index contributed by atoms with van der Waals surface area (Å²) in [6.45, 7) is 4.33. The second-order valence-corrected chi connectivity index (χ2v) is 5.70. The molecule has 0 aromatic heterocycles. The lowest BCUT2D eigenvalue weighted by Crippen LogP contribution is -2.56. The fourth-order valence-electron chi connectivity index (χ4n) is 2.83. The molecule has 19 heavy (non-hydrogen) atoms. The summed E-state index contributed by atoms with van der Waals surface area (Å²) < 4.78 is 0. The van der Waals surface area contributed by atoms with E-state index in [0.29, 0.717) is 12.1 Å². The van der Waals surface area contributed by atoms with Gasteiger partial charge in [-0.25, -0.2) is 4.79 Å². The van der Waals surface area contributed by atoms with Crippen LogP contribution in [0.3, 0.4) is 0 Å². The van der Waals surface area contributed by atoms with Crippen LogP contribution < -0.4 is 0 Å². The second-order valence-electron chi connectivity index (χ2n) is 5.70. The Bertz CT molecular complexity index is 481. The van der Waals surface area contributed by atoms with E-state index in [1.165, 1.54) is 4.90 Å². The maximum Gasteiger partial charge on any atom is 0.326 e. The zero-order valence-corrected chi connectivity index (χ0v) is 11.3. The van der Waals surface area contributed by atoms with Crippen LogP contribution >= 0.6 is 0 Å². The van der Waals surface area contributed by atoms with Gasteiger partial charge in [0.25, 0.3) is 5.91 Å². The number of nitrogens with zero attached hydrogens (tertiary/aromatic N) is 1. The van der Waals surface area contributed by atoms with Crippen molar-refractivity contribution in [2.45, 2.75) is 32.7 Å². The van der Waals surface area contributed by atoms with Crippen LogP contribution in [0, 0.1) is 5.41 Å². The molecule has 4 heteroatoms. The minimum absolute atomic E-state index is 0.194. The smallest absolute Gasteiger partial charge is 0.326 e. The van der Waals surface area contributed by atoms with Crippen LogP contribution in [0.25, 0.3) is 0 Å². The number of likely N-dealkylation sites (tertiary alicyclic amines) is 1. The highest BCUT2D eigenvalue weighted by molar-refractivity contribution is 5.96. The standard InChI is InChI=1S/C15H19NO3/c1-15(2)9-6-10-16(12(15)14(18)19)13(17)11-7-4-3-5-8-11/h3-5,7-8,12H,6,9-10H2,1-2H3,(H,18,19). The van der Waals surface area contributed by atoms with Gasteiger partial charge in [-0.2, -0.15) is 0 Å². The van der Waals surface area contributed by atoms with Crippen molar-refractivity contribution in [3.05, 3.63) is 35.9 Å². The fraction of sp³-hybridized carbons (Fsp3) is 0.467. The molecule has 1 aliphatic heterocycles. The number of aliphatic carboxylic acids is 1. The van der Waals surface area contributed by atoms with E-state index in [0.717, 1.165) is 12.8 Å². The first kappa shape index (κ1) is 13.6. The van der Waals surface area contributed by atoms with Crippen LogP contribution in [0.4, 0.5) is 0 Å². The van der Waals surface area contributed by atoms with Crippen molar-refractivity contribution in [3.8, 4) is 0 Å². The fourth-order valence-corrected chi connectivity index (χ4v) is 2.83. The molecule has 102 valence electrons. The number of benzene rings is 1. The lowest BCUT2D eigenvalue weighted by molar-refractivity contribution is -0.148. The Labute approximate surface area is 113 Å². The third-order valence-corrected chi connectivity index (χ3v) is 3.79. The molecule has 1 amide bonds. The molecule has 1 fully saturated rings. The summed E-state index contributed by atoms with van der Waals surface area (Å²) in [6, 6.07) is 8.11. The van der Waals surface area contributed by atoms with Gasteiger partial charge in [-0.15, -0.1) is 0 Å². The SMILES string of the molecule is CC1(C)CCCN(C(=O)c2ccccc2)C1C(=O)O. The third-order valence-electron chi connectivity index (χ3n) is 3.79. The number of piperidine rings is 1. The van der Waals surface area contributed by atoms with E-state index in [2.05, 4.69) is 0 Å². The number of rotatable bonds is 2. The van der Waals surface area contributed by atoms with E-state index >= 15 is 0 Å². The Morgan fingerprint density at radius 3 is 2.47 bits per heavy atom. The molecule has 4 nitrogen and oxygen atoms in total. The molecule has 0 saturated carbocycles. The second kappa shape index (κ2) is 5.03. The minimum Gasteiger partial charge on any atom is -0.480 e. The maximum absolute atomic E-state index is 12.5. The molecule has 1 saturated heterocycles. The molecule has 0 aliphatic carbocycles. The average molecular weight is 261 g/mol. The summed E-state index contributed by atoms with van der Waals surface area (Å²) >= 11 is 0. The topological polar surface area (TPSA) is 57.6 Å². The van der Waals surface area contributed by atoms with Gasteiger partial charge in [0.2, 0.25) is 0 Å². The van der Waals surface area contributed by atoms with Crippen molar-refractivity contribution in [1.29, 1.82) is 0 Å². The van der Waals surface area contributed by atoms with Crippen molar-refractivity contribution in [3.63, 3.8) is 0 Å². The van der Waals surface area contributed by atoms with E-state index in [1.807, 2.05) is 19.9 Å². The average Bonchev–Trinajstić information content (AvgIpc) is 2.37. The summed E-state index contributed by atoms with van der Waals surface area (Å²) in [6.07, 6.45) is 1.66. The molecule has 1 N–H and O–H groups in total. The van der Waals surface area contributed by atoms with Gasteiger partial charge in [-0.1, -0.05) is 32.0 Å². The van der Waals surface area contributed by atoms with E-state index in [4.69, 9.17) is 0 Å². The molecule has 1 aliphatic rings. The number of hydrogen-bond acceptors (Lipinski definition) is 2. The third kappa shape index (κ3) is 2.62. The minimum atomic E-state index is -0.922. The van der Waals surface area contributed by atoms with Crippen LogP contribution in [0.15, 0.2) is 30.3 Å². The van der Waals surface area contributed by atoms with E-state index in [9.17, 15) is 14.7 Å². The number of carboxylic acid groups (broad SMARTS) is 1. The Kier molecular flexibility index (Phi) is 3.60. The van der Waals surface area contributed by atoms with Gasteiger partial charge in [-0.05, 0) is 30.4 Å². The molecule has 1 aromatic rings. The van der Waals surface area contributed by atoms with Crippen molar-refractivity contribution >= 4 is 11.9 Å². The molecule has 1 unspecified atom stereocenters. The van der Waals surface area contributed by atoms with Crippen LogP contribution in [-0.2, 0) is 4.79 Å². The summed E-state index contributed by atoms with van der Waals surface area (Å²) in [5.74, 6) is -1.12. The van der Waals surface area contributed by atoms with E-state index in [1.54, 1.807) is 24.3 Å². The van der Waals surface area contributed by atoms with Gasteiger partial charge in [0.15, 0.2) is 0 Å². The zero-order valence-electron chi connectivity index (χ0n) is 11.3. The normalized spacial score (nSPS) is 22.0. The zero-order chi connectivity index (χ0) is 14.0. The number of carboxylic acids is 1. The summed E-state index contributed by atoms with van der Waals surface area (Å²) in [5.41, 5.74) is 0.153. The van der Waals surface area contributed by atoms with Gasteiger partial charge in [0.1, 0.15) is 6.04 Å². The van der Waals surface area contributed by atoms with Gasteiger partial charge in [-0.3, -0.25) is 4.79 Å². The van der Waals surface area contributed by atoms with Gasteiger partial charge in [0, 0.05) is 12.1 Å². The number of carbonyl (C=O) groups is 2. The molecule has 0 spiro atoms.